The van der Waals surface area contributed by atoms with Gasteiger partial charge in [-0.3, -0.25) is 14.4 Å². The Hall–Kier alpha value is -2.68. The topological polar surface area (TPSA) is 90.4 Å². The predicted octanol–water partition coefficient (Wildman–Crippen LogP) is 3.04. The molecule has 4 aliphatic heterocycles. The van der Waals surface area contributed by atoms with Crippen LogP contribution in [0.4, 0.5) is 5.69 Å². The van der Waals surface area contributed by atoms with Crippen LogP contribution in [0.3, 0.4) is 0 Å². The molecule has 9 heteroatoms. The molecule has 3 amide bonds. The monoisotopic (exact) mass is 541 g/mol. The number of benzene rings is 1. The minimum absolute atomic E-state index is 0.0861. The number of para-hydroxylation sites is 1. The van der Waals surface area contributed by atoms with Gasteiger partial charge in [-0.25, -0.2) is 0 Å². The van der Waals surface area contributed by atoms with Gasteiger partial charge in [-0.15, -0.1) is 0 Å². The Morgan fingerprint density at radius 1 is 1.05 bits per heavy atom. The number of hydrogen-bond donors (Lipinski definition) is 1. The van der Waals surface area contributed by atoms with E-state index in [1.165, 1.54) is 4.90 Å². The quantitative estimate of drug-likeness (QED) is 0.559. The minimum atomic E-state index is -1.37. The molecule has 1 aromatic rings. The van der Waals surface area contributed by atoms with Crippen molar-refractivity contribution in [2.75, 3.05) is 31.6 Å². The Morgan fingerprint density at radius 3 is 2.42 bits per heavy atom. The van der Waals surface area contributed by atoms with Gasteiger partial charge < -0.3 is 24.5 Å². The fraction of sp³-hybridized carbons (Fsp3) is 0.552. The molecule has 1 spiro atoms. The summed E-state index contributed by atoms with van der Waals surface area (Å²) < 4.78 is 6.94. The van der Waals surface area contributed by atoms with E-state index in [2.05, 4.69) is 0 Å². The lowest BCUT2D eigenvalue weighted by Crippen LogP contribution is -2.60. The standard InChI is InChI=1S/C29H36ClN3O5/c1-5-18(3)21(17-34)33-24-27(37)32(20-12-8-7-11-19(20)30)16-10-14-29(24)23(26(33)36)22-25(35)31(4)15-9-13-28(22,6-2)38-29/h7-14,18,21-24,34H,5-6,15-17H2,1-4H3/t18-,21-,22+,23-,24?,28-,29-/m0/s1. The van der Waals surface area contributed by atoms with E-state index in [1.54, 1.807) is 35.0 Å². The van der Waals surface area contributed by atoms with Gasteiger partial charge in [0.2, 0.25) is 11.8 Å². The summed E-state index contributed by atoms with van der Waals surface area (Å²) in [6.07, 6.45) is 8.66. The SMILES string of the molecule is CC[C@H](C)[C@H](CO)N1C(=O)[C@@H]2[C@@H]3C(=O)N(C)CC=C[C@]3(CC)O[C@@]23C=CCN(c2ccccc2Cl)C(=O)C13. The zero-order chi connectivity index (χ0) is 27.4. The van der Waals surface area contributed by atoms with Crippen molar-refractivity contribution in [1.82, 2.24) is 9.80 Å². The smallest absolute Gasteiger partial charge is 0.253 e. The number of ether oxygens (including phenoxy) is 1. The van der Waals surface area contributed by atoms with E-state index in [0.717, 1.165) is 0 Å². The predicted molar refractivity (Wildman–Crippen MR) is 145 cm³/mol. The summed E-state index contributed by atoms with van der Waals surface area (Å²) in [5.74, 6) is -2.63. The molecule has 1 unspecified atom stereocenters. The molecule has 1 aromatic carbocycles. The lowest BCUT2D eigenvalue weighted by Gasteiger charge is -2.42. The Balaban J connectivity index is 1.73. The molecule has 7 atom stereocenters. The zero-order valence-electron chi connectivity index (χ0n) is 22.3. The summed E-state index contributed by atoms with van der Waals surface area (Å²) in [5, 5.41) is 10.9. The first-order valence-corrected chi connectivity index (χ1v) is 13.8. The number of carbonyl (C=O) groups excluding carboxylic acids is 3. The molecule has 1 N–H and O–H groups in total. The van der Waals surface area contributed by atoms with Crippen LogP contribution in [-0.2, 0) is 19.1 Å². The van der Waals surface area contributed by atoms with Crippen LogP contribution in [0.1, 0.15) is 33.6 Å². The number of likely N-dealkylation sites (tertiary alicyclic amines) is 1. The third-order valence-corrected chi connectivity index (χ3v) is 9.39. The highest BCUT2D eigenvalue weighted by atomic mass is 35.5. The second kappa shape index (κ2) is 9.81. The molecular weight excluding hydrogens is 506 g/mol. The molecule has 38 heavy (non-hydrogen) atoms. The number of fused-ring (bicyclic) bond motifs is 2. The molecule has 4 aliphatic rings. The number of hydrogen-bond acceptors (Lipinski definition) is 5. The first kappa shape index (κ1) is 26.9. The minimum Gasteiger partial charge on any atom is -0.394 e. The Morgan fingerprint density at radius 2 is 1.76 bits per heavy atom. The first-order valence-electron chi connectivity index (χ1n) is 13.5. The van der Waals surface area contributed by atoms with E-state index in [4.69, 9.17) is 16.3 Å². The number of amides is 3. The maximum absolute atomic E-state index is 14.6. The molecule has 5 rings (SSSR count). The third kappa shape index (κ3) is 3.67. The molecule has 0 bridgehead atoms. The molecule has 4 heterocycles. The molecule has 0 aliphatic carbocycles. The fourth-order valence-electron chi connectivity index (χ4n) is 6.88. The van der Waals surface area contributed by atoms with Gasteiger partial charge in [-0.2, -0.15) is 0 Å². The molecular formula is C29H36ClN3O5. The summed E-state index contributed by atoms with van der Waals surface area (Å²) >= 11 is 6.52. The summed E-state index contributed by atoms with van der Waals surface area (Å²) in [6.45, 7) is 6.24. The maximum atomic E-state index is 14.6. The molecule has 0 radical (unpaired) electrons. The highest BCUT2D eigenvalue weighted by Crippen LogP contribution is 2.59. The largest absolute Gasteiger partial charge is 0.394 e. The normalized spacial score (nSPS) is 34.1. The zero-order valence-corrected chi connectivity index (χ0v) is 23.1. The van der Waals surface area contributed by atoms with Gasteiger partial charge in [0, 0.05) is 20.1 Å². The van der Waals surface area contributed by atoms with Crippen molar-refractivity contribution >= 4 is 35.0 Å². The Labute approximate surface area is 228 Å². The number of nitrogens with zero attached hydrogens (tertiary/aromatic N) is 3. The number of halogens is 1. The first-order chi connectivity index (χ1) is 18.2. The third-order valence-electron chi connectivity index (χ3n) is 9.07. The van der Waals surface area contributed by atoms with Gasteiger partial charge >= 0.3 is 0 Å². The highest BCUT2D eigenvalue weighted by Gasteiger charge is 2.76. The van der Waals surface area contributed by atoms with E-state index in [1.807, 2.05) is 51.1 Å². The van der Waals surface area contributed by atoms with Crippen LogP contribution >= 0.6 is 11.6 Å². The average Bonchev–Trinajstić information content (AvgIpc) is 3.21. The number of likely N-dealkylation sites (N-methyl/N-ethyl adjacent to an activating group) is 1. The van der Waals surface area contributed by atoms with Gasteiger partial charge in [0.25, 0.3) is 5.91 Å². The number of carbonyl (C=O) groups is 3. The van der Waals surface area contributed by atoms with Crippen molar-refractivity contribution in [3.63, 3.8) is 0 Å². The van der Waals surface area contributed by atoms with Crippen molar-refractivity contribution in [1.29, 1.82) is 0 Å². The number of aliphatic hydroxyl groups is 1. The second-order valence-corrected chi connectivity index (χ2v) is 11.3. The van der Waals surface area contributed by atoms with E-state index >= 15 is 0 Å². The number of aliphatic hydroxyl groups excluding tert-OH is 1. The number of rotatable bonds is 6. The molecule has 0 saturated carbocycles. The maximum Gasteiger partial charge on any atom is 0.253 e. The van der Waals surface area contributed by atoms with Crippen LogP contribution in [0.2, 0.25) is 5.02 Å². The van der Waals surface area contributed by atoms with Crippen molar-refractivity contribution in [2.45, 2.75) is 56.9 Å². The summed E-state index contributed by atoms with van der Waals surface area (Å²) in [6, 6.07) is 5.42. The van der Waals surface area contributed by atoms with Gasteiger partial charge in [0.1, 0.15) is 11.6 Å². The van der Waals surface area contributed by atoms with E-state index in [-0.39, 0.29) is 36.8 Å². The van der Waals surface area contributed by atoms with Gasteiger partial charge in [0.15, 0.2) is 0 Å². The summed E-state index contributed by atoms with van der Waals surface area (Å²) in [4.78, 5) is 47.7. The Bertz CT molecular complexity index is 1200. The van der Waals surface area contributed by atoms with Crippen molar-refractivity contribution in [3.05, 3.63) is 53.6 Å². The summed E-state index contributed by atoms with van der Waals surface area (Å²) in [7, 11) is 1.72. The average molecular weight is 542 g/mol. The second-order valence-electron chi connectivity index (χ2n) is 10.9. The van der Waals surface area contributed by atoms with Crippen molar-refractivity contribution in [3.8, 4) is 0 Å². The van der Waals surface area contributed by atoms with Gasteiger partial charge in [-0.1, -0.05) is 75.2 Å². The van der Waals surface area contributed by atoms with Crippen LogP contribution in [0.15, 0.2) is 48.6 Å². The van der Waals surface area contributed by atoms with Crippen molar-refractivity contribution < 1.29 is 24.2 Å². The fourth-order valence-corrected chi connectivity index (χ4v) is 7.12. The van der Waals surface area contributed by atoms with E-state index < -0.39 is 35.1 Å². The Kier molecular flexibility index (Phi) is 6.95. The lowest BCUT2D eigenvalue weighted by atomic mass is 9.73. The molecule has 2 fully saturated rings. The highest BCUT2D eigenvalue weighted by molar-refractivity contribution is 6.34. The van der Waals surface area contributed by atoms with Crippen LogP contribution < -0.4 is 4.90 Å². The van der Waals surface area contributed by atoms with E-state index in [0.29, 0.717) is 30.1 Å². The molecule has 2 saturated heterocycles. The summed E-state index contributed by atoms with van der Waals surface area (Å²) in [5.41, 5.74) is -1.86. The van der Waals surface area contributed by atoms with Crippen LogP contribution in [0, 0.1) is 17.8 Å². The van der Waals surface area contributed by atoms with Gasteiger partial charge in [0.05, 0.1) is 40.8 Å². The van der Waals surface area contributed by atoms with Crippen molar-refractivity contribution in [2.24, 2.45) is 17.8 Å². The molecule has 0 aromatic heterocycles. The number of anilines is 1. The van der Waals surface area contributed by atoms with Crippen LogP contribution in [0.5, 0.6) is 0 Å². The lowest BCUT2D eigenvalue weighted by molar-refractivity contribution is -0.153. The van der Waals surface area contributed by atoms with Gasteiger partial charge in [-0.05, 0) is 24.5 Å². The molecule has 204 valence electrons. The van der Waals surface area contributed by atoms with Crippen LogP contribution in [0.25, 0.3) is 0 Å². The van der Waals surface area contributed by atoms with Crippen LogP contribution in [-0.4, -0.2) is 82.7 Å². The van der Waals surface area contributed by atoms with E-state index in [9.17, 15) is 19.5 Å². The molecule has 8 nitrogen and oxygen atoms in total.